The second-order valence-corrected chi connectivity index (χ2v) is 7.68. The molecule has 1 aromatic heterocycles. The van der Waals surface area contributed by atoms with Gasteiger partial charge in [0.1, 0.15) is 0 Å². The van der Waals surface area contributed by atoms with Crippen LogP contribution in [0, 0.1) is 5.92 Å². The number of piperidine rings is 1. The van der Waals surface area contributed by atoms with Crippen molar-refractivity contribution in [1.29, 1.82) is 0 Å². The third kappa shape index (κ3) is 4.26. The van der Waals surface area contributed by atoms with Crippen LogP contribution >= 0.6 is 11.6 Å². The fraction of sp³-hybridized carbons (Fsp3) is 0.286. The van der Waals surface area contributed by atoms with Crippen LogP contribution in [0.25, 0.3) is 10.9 Å². The van der Waals surface area contributed by atoms with Crippen molar-refractivity contribution in [3.63, 3.8) is 0 Å². The smallest absolute Gasteiger partial charge is 0.256 e. The van der Waals surface area contributed by atoms with Crippen LogP contribution < -0.4 is 5.32 Å². The molecular weight excluding hydrogens is 392 g/mol. The Balaban J connectivity index is 1.40. The zero-order valence-electron chi connectivity index (χ0n) is 15.6. The fourth-order valence-electron chi connectivity index (χ4n) is 3.62. The molecule has 0 bridgehead atoms. The summed E-state index contributed by atoms with van der Waals surface area (Å²) in [6.45, 7) is 0.803. The summed E-state index contributed by atoms with van der Waals surface area (Å²) in [5.41, 5.74) is 2.07. The molecule has 1 aliphatic heterocycles. The number of aliphatic hydroxyl groups excluding tert-OH is 1. The van der Waals surface area contributed by atoms with Gasteiger partial charge >= 0.3 is 0 Å². The van der Waals surface area contributed by atoms with Gasteiger partial charge in [-0.25, -0.2) is 0 Å². The molecule has 0 spiro atoms. The van der Waals surface area contributed by atoms with E-state index in [1.165, 1.54) is 0 Å². The van der Waals surface area contributed by atoms with Gasteiger partial charge in [-0.1, -0.05) is 23.7 Å². The van der Waals surface area contributed by atoms with Crippen LogP contribution in [0.4, 0.5) is 5.69 Å². The van der Waals surface area contributed by atoms with Crippen molar-refractivity contribution in [2.24, 2.45) is 5.92 Å². The summed E-state index contributed by atoms with van der Waals surface area (Å²) in [6, 6.07) is 12.1. The molecule has 150 valence electrons. The van der Waals surface area contributed by atoms with E-state index in [1.54, 1.807) is 35.4 Å². The Labute approximate surface area is 172 Å². The van der Waals surface area contributed by atoms with Crippen LogP contribution in [0.15, 0.2) is 48.7 Å². The van der Waals surface area contributed by atoms with Crippen LogP contribution in [-0.2, 0) is 9.59 Å². The number of aromatic amines is 1. The monoisotopic (exact) mass is 412 g/mol. The van der Waals surface area contributed by atoms with Crippen molar-refractivity contribution in [1.82, 2.24) is 15.1 Å². The van der Waals surface area contributed by atoms with Gasteiger partial charge in [0.2, 0.25) is 5.91 Å². The second-order valence-electron chi connectivity index (χ2n) is 7.24. The molecule has 2 unspecified atom stereocenters. The number of halogens is 1. The first-order valence-corrected chi connectivity index (χ1v) is 9.85. The first kappa shape index (κ1) is 19.4. The minimum absolute atomic E-state index is 0.133. The normalized spacial score (nSPS) is 17.9. The van der Waals surface area contributed by atoms with Crippen molar-refractivity contribution >= 4 is 40.0 Å². The van der Waals surface area contributed by atoms with Gasteiger partial charge in [-0.3, -0.25) is 14.7 Å². The number of anilines is 1. The largest absolute Gasteiger partial charge is 0.378 e. The molecule has 1 saturated heterocycles. The van der Waals surface area contributed by atoms with Crippen molar-refractivity contribution in [3.8, 4) is 0 Å². The van der Waals surface area contributed by atoms with Gasteiger partial charge in [-0.2, -0.15) is 5.10 Å². The average Bonchev–Trinajstić information content (AvgIpc) is 3.21. The number of hydrogen-bond acceptors (Lipinski definition) is 4. The Hall–Kier alpha value is -2.90. The number of aliphatic hydroxyl groups is 1. The van der Waals surface area contributed by atoms with E-state index in [9.17, 15) is 14.7 Å². The summed E-state index contributed by atoms with van der Waals surface area (Å²) >= 11 is 5.86. The Morgan fingerprint density at radius 1 is 1.24 bits per heavy atom. The van der Waals surface area contributed by atoms with Crippen LogP contribution in [-0.4, -0.2) is 45.1 Å². The zero-order chi connectivity index (χ0) is 20.4. The Kier molecular flexibility index (Phi) is 5.51. The number of H-pyrrole nitrogens is 1. The van der Waals surface area contributed by atoms with E-state index in [0.29, 0.717) is 35.7 Å². The number of rotatable bonds is 4. The highest BCUT2D eigenvalue weighted by molar-refractivity contribution is 6.30. The molecule has 2 atom stereocenters. The van der Waals surface area contributed by atoms with Crippen molar-refractivity contribution in [2.45, 2.75) is 18.9 Å². The van der Waals surface area contributed by atoms with E-state index >= 15 is 0 Å². The minimum Gasteiger partial charge on any atom is -0.378 e. The number of likely N-dealkylation sites (tertiary alicyclic amines) is 1. The summed E-state index contributed by atoms with van der Waals surface area (Å²) in [7, 11) is 0. The Bertz CT molecular complexity index is 1030. The molecule has 29 heavy (non-hydrogen) atoms. The quantitative estimate of drug-likeness (QED) is 0.613. The minimum atomic E-state index is -1.27. The number of carbonyl (C=O) groups is 2. The van der Waals surface area contributed by atoms with Crippen molar-refractivity contribution in [2.75, 3.05) is 18.4 Å². The van der Waals surface area contributed by atoms with Gasteiger partial charge in [0.15, 0.2) is 6.10 Å². The van der Waals surface area contributed by atoms with Gasteiger partial charge in [0.25, 0.3) is 5.91 Å². The molecule has 1 fully saturated rings. The Morgan fingerprint density at radius 2 is 2.03 bits per heavy atom. The molecule has 7 nitrogen and oxygen atoms in total. The molecule has 2 heterocycles. The van der Waals surface area contributed by atoms with Gasteiger partial charge in [-0.15, -0.1) is 0 Å². The number of fused-ring (bicyclic) bond motifs is 1. The van der Waals surface area contributed by atoms with E-state index < -0.39 is 12.0 Å². The van der Waals surface area contributed by atoms with E-state index in [4.69, 9.17) is 11.6 Å². The highest BCUT2D eigenvalue weighted by Gasteiger charge is 2.31. The number of benzene rings is 2. The SMILES string of the molecule is O=C(Nc1ccc2[nH]ncc2c1)C1CCCN(C(=O)C(O)c2ccc(Cl)cc2)C1. The maximum Gasteiger partial charge on any atom is 0.256 e. The molecule has 4 rings (SSSR count). The average molecular weight is 413 g/mol. The molecule has 2 aromatic carbocycles. The first-order chi connectivity index (χ1) is 14.0. The molecule has 0 aliphatic carbocycles. The Morgan fingerprint density at radius 3 is 2.83 bits per heavy atom. The molecule has 1 aliphatic rings. The highest BCUT2D eigenvalue weighted by Crippen LogP contribution is 2.24. The predicted molar refractivity (Wildman–Crippen MR) is 110 cm³/mol. The third-order valence-electron chi connectivity index (χ3n) is 5.23. The zero-order valence-corrected chi connectivity index (χ0v) is 16.4. The van der Waals surface area contributed by atoms with E-state index in [1.807, 2.05) is 18.2 Å². The van der Waals surface area contributed by atoms with Crippen LogP contribution in [0.2, 0.25) is 5.02 Å². The van der Waals surface area contributed by atoms with E-state index in [2.05, 4.69) is 15.5 Å². The van der Waals surface area contributed by atoms with E-state index in [0.717, 1.165) is 10.9 Å². The number of nitrogens with zero attached hydrogens (tertiary/aromatic N) is 2. The number of amides is 2. The van der Waals surface area contributed by atoms with Gasteiger partial charge in [-0.05, 0) is 48.7 Å². The van der Waals surface area contributed by atoms with E-state index in [-0.39, 0.29) is 18.4 Å². The van der Waals surface area contributed by atoms with Crippen LogP contribution in [0.5, 0.6) is 0 Å². The lowest BCUT2D eigenvalue weighted by molar-refractivity contribution is -0.143. The summed E-state index contributed by atoms with van der Waals surface area (Å²) in [5.74, 6) is -0.860. The van der Waals surface area contributed by atoms with Crippen LogP contribution in [0.1, 0.15) is 24.5 Å². The number of carbonyl (C=O) groups excluding carboxylic acids is 2. The van der Waals surface area contributed by atoms with Gasteiger partial charge < -0.3 is 15.3 Å². The first-order valence-electron chi connectivity index (χ1n) is 9.47. The number of nitrogens with one attached hydrogen (secondary N) is 2. The second kappa shape index (κ2) is 8.23. The molecule has 3 N–H and O–H groups in total. The van der Waals surface area contributed by atoms with Crippen molar-refractivity contribution in [3.05, 3.63) is 59.2 Å². The number of hydrogen-bond donors (Lipinski definition) is 3. The molecule has 0 radical (unpaired) electrons. The summed E-state index contributed by atoms with van der Waals surface area (Å²) in [6.07, 6.45) is 1.83. The summed E-state index contributed by atoms with van der Waals surface area (Å²) in [5, 5.41) is 21.6. The maximum atomic E-state index is 12.7. The molecule has 3 aromatic rings. The van der Waals surface area contributed by atoms with Crippen LogP contribution in [0.3, 0.4) is 0 Å². The standard InChI is InChI=1S/C21H21ClN4O3/c22-16-5-3-13(4-6-16)19(27)21(29)26-9-1-2-14(12-26)20(28)24-17-7-8-18-15(10-17)11-23-25-18/h3-8,10-11,14,19,27H,1-2,9,12H2,(H,23,25)(H,24,28). The fourth-order valence-corrected chi connectivity index (χ4v) is 3.74. The molecule has 8 heteroatoms. The topological polar surface area (TPSA) is 98.3 Å². The predicted octanol–water partition coefficient (Wildman–Crippen LogP) is 3.13. The highest BCUT2D eigenvalue weighted by atomic mass is 35.5. The maximum absolute atomic E-state index is 12.7. The summed E-state index contributed by atoms with van der Waals surface area (Å²) < 4.78 is 0. The molecule has 2 amide bonds. The van der Waals surface area contributed by atoms with Crippen molar-refractivity contribution < 1.29 is 14.7 Å². The lowest BCUT2D eigenvalue weighted by Gasteiger charge is -2.33. The molecule has 0 saturated carbocycles. The molecular formula is C21H21ClN4O3. The lowest BCUT2D eigenvalue weighted by atomic mass is 9.96. The summed E-state index contributed by atoms with van der Waals surface area (Å²) in [4.78, 5) is 27.0. The van der Waals surface area contributed by atoms with Gasteiger partial charge in [0.05, 0.1) is 17.6 Å². The third-order valence-corrected chi connectivity index (χ3v) is 5.48. The van der Waals surface area contributed by atoms with Gasteiger partial charge in [0, 0.05) is 29.2 Å². The number of aromatic nitrogens is 2. The lowest BCUT2D eigenvalue weighted by Crippen LogP contribution is -2.45.